The van der Waals surface area contributed by atoms with E-state index in [1.54, 1.807) is 30.3 Å². The number of carbonyl (C=O) groups excluding carboxylic acids is 1. The minimum absolute atomic E-state index is 0.166. The van der Waals surface area contributed by atoms with E-state index in [0.29, 0.717) is 10.0 Å². The maximum Gasteiger partial charge on any atom is 0.254 e. The number of hydrogen-bond donors (Lipinski definition) is 1. The summed E-state index contributed by atoms with van der Waals surface area (Å²) in [6.07, 6.45) is -1.04. The van der Waals surface area contributed by atoms with Gasteiger partial charge in [0.2, 0.25) is 0 Å². The van der Waals surface area contributed by atoms with Gasteiger partial charge in [0.1, 0.15) is 5.82 Å². The van der Waals surface area contributed by atoms with Crippen molar-refractivity contribution in [1.29, 1.82) is 5.26 Å². The molecule has 6 heteroatoms. The molecular formula is C17H14BrFN2O2. The Balaban J connectivity index is 2.08. The molecule has 1 atom stereocenters. The van der Waals surface area contributed by atoms with Gasteiger partial charge in [-0.1, -0.05) is 28.1 Å². The van der Waals surface area contributed by atoms with Crippen molar-refractivity contribution in [3.63, 3.8) is 0 Å². The van der Waals surface area contributed by atoms with Crippen LogP contribution in [0.25, 0.3) is 0 Å². The van der Waals surface area contributed by atoms with E-state index < -0.39 is 17.8 Å². The van der Waals surface area contributed by atoms with Crippen LogP contribution in [0, 0.1) is 17.1 Å². The second-order valence-electron chi connectivity index (χ2n) is 4.81. The number of nitrogens with zero attached hydrogens (tertiary/aromatic N) is 1. The number of carbonyl (C=O) groups is 1. The average Bonchev–Trinajstić information content (AvgIpc) is 2.57. The molecule has 2 rings (SSSR count). The number of nitrogens with one attached hydrogen (secondary N) is 1. The van der Waals surface area contributed by atoms with E-state index in [2.05, 4.69) is 21.2 Å². The number of benzene rings is 2. The SMILES string of the molecule is COC(C(=O)NCc1ccc(C#N)cc1)c1cc(Br)ccc1F. The van der Waals surface area contributed by atoms with Crippen molar-refractivity contribution in [2.75, 3.05) is 7.11 Å². The van der Waals surface area contributed by atoms with Gasteiger partial charge in [0, 0.05) is 23.7 Å². The molecule has 2 aromatic carbocycles. The fraction of sp³-hybridized carbons (Fsp3) is 0.176. The molecule has 1 amide bonds. The van der Waals surface area contributed by atoms with Crippen LogP contribution in [-0.2, 0) is 16.1 Å². The highest BCUT2D eigenvalue weighted by molar-refractivity contribution is 9.10. The smallest absolute Gasteiger partial charge is 0.254 e. The van der Waals surface area contributed by atoms with E-state index in [9.17, 15) is 9.18 Å². The lowest BCUT2D eigenvalue weighted by Crippen LogP contribution is -2.30. The molecule has 1 N–H and O–H groups in total. The number of halogens is 2. The van der Waals surface area contributed by atoms with Crippen molar-refractivity contribution in [2.45, 2.75) is 12.6 Å². The van der Waals surface area contributed by atoms with Gasteiger partial charge in [-0.05, 0) is 35.9 Å². The minimum Gasteiger partial charge on any atom is -0.367 e. The molecule has 0 aliphatic heterocycles. The minimum atomic E-state index is -1.04. The third kappa shape index (κ3) is 4.38. The van der Waals surface area contributed by atoms with Gasteiger partial charge in [0.25, 0.3) is 5.91 Å². The highest BCUT2D eigenvalue weighted by atomic mass is 79.9. The van der Waals surface area contributed by atoms with Gasteiger partial charge in [-0.2, -0.15) is 5.26 Å². The average molecular weight is 377 g/mol. The molecule has 0 aliphatic carbocycles. The third-order valence-electron chi connectivity index (χ3n) is 3.26. The molecular weight excluding hydrogens is 363 g/mol. The van der Waals surface area contributed by atoms with Gasteiger partial charge in [0.05, 0.1) is 11.6 Å². The lowest BCUT2D eigenvalue weighted by Gasteiger charge is -2.16. The molecule has 4 nitrogen and oxygen atoms in total. The quantitative estimate of drug-likeness (QED) is 0.868. The molecule has 0 aromatic heterocycles. The van der Waals surface area contributed by atoms with Gasteiger partial charge < -0.3 is 10.1 Å². The molecule has 0 saturated carbocycles. The molecule has 2 aromatic rings. The normalized spacial score (nSPS) is 11.6. The highest BCUT2D eigenvalue weighted by Gasteiger charge is 2.23. The van der Waals surface area contributed by atoms with Crippen molar-refractivity contribution in [3.8, 4) is 6.07 Å². The Morgan fingerprint density at radius 3 is 2.65 bits per heavy atom. The van der Waals surface area contributed by atoms with Crippen LogP contribution in [-0.4, -0.2) is 13.0 Å². The first-order valence-electron chi connectivity index (χ1n) is 6.79. The summed E-state index contributed by atoms with van der Waals surface area (Å²) < 4.78 is 19.7. The van der Waals surface area contributed by atoms with E-state index in [0.717, 1.165) is 5.56 Å². The monoisotopic (exact) mass is 376 g/mol. The van der Waals surface area contributed by atoms with Crippen molar-refractivity contribution in [1.82, 2.24) is 5.32 Å². The summed E-state index contributed by atoms with van der Waals surface area (Å²) in [7, 11) is 1.35. The van der Waals surface area contributed by atoms with E-state index in [4.69, 9.17) is 10.00 Å². The Kier molecular flexibility index (Phi) is 5.85. The number of methoxy groups -OCH3 is 1. The van der Waals surface area contributed by atoms with Gasteiger partial charge >= 0.3 is 0 Å². The maximum absolute atomic E-state index is 13.9. The van der Waals surface area contributed by atoms with Crippen molar-refractivity contribution < 1.29 is 13.9 Å². The summed E-state index contributed by atoms with van der Waals surface area (Å²) in [5, 5.41) is 11.5. The van der Waals surface area contributed by atoms with E-state index in [1.807, 2.05) is 6.07 Å². The predicted octanol–water partition coefficient (Wildman–Crippen LogP) is 3.46. The first-order valence-corrected chi connectivity index (χ1v) is 7.59. The summed E-state index contributed by atoms with van der Waals surface area (Å²) in [5.74, 6) is -0.942. The Morgan fingerprint density at radius 1 is 1.35 bits per heavy atom. The van der Waals surface area contributed by atoms with E-state index in [1.165, 1.54) is 19.2 Å². The molecule has 0 bridgehead atoms. The molecule has 0 radical (unpaired) electrons. The van der Waals surface area contributed by atoms with Crippen LogP contribution in [0.1, 0.15) is 22.8 Å². The Labute approximate surface area is 142 Å². The number of ether oxygens (including phenoxy) is 1. The zero-order valence-electron chi connectivity index (χ0n) is 12.3. The summed E-state index contributed by atoms with van der Waals surface area (Å²) in [5.41, 5.74) is 1.55. The summed E-state index contributed by atoms with van der Waals surface area (Å²) >= 11 is 3.25. The fourth-order valence-electron chi connectivity index (χ4n) is 2.07. The predicted molar refractivity (Wildman–Crippen MR) is 86.9 cm³/mol. The summed E-state index contributed by atoms with van der Waals surface area (Å²) in [4.78, 5) is 12.3. The molecule has 0 fully saturated rings. The topological polar surface area (TPSA) is 62.1 Å². The molecule has 118 valence electrons. The first kappa shape index (κ1) is 17.1. The van der Waals surface area contributed by atoms with Gasteiger partial charge in [-0.25, -0.2) is 4.39 Å². The van der Waals surface area contributed by atoms with E-state index >= 15 is 0 Å². The second-order valence-corrected chi connectivity index (χ2v) is 5.72. The molecule has 0 heterocycles. The lowest BCUT2D eigenvalue weighted by molar-refractivity contribution is -0.131. The molecule has 1 unspecified atom stereocenters. The van der Waals surface area contributed by atoms with Crippen LogP contribution in [0.2, 0.25) is 0 Å². The van der Waals surface area contributed by atoms with E-state index in [-0.39, 0.29) is 12.1 Å². The molecule has 0 spiro atoms. The molecule has 0 aliphatic rings. The standard InChI is InChI=1S/C17H14BrFN2O2/c1-23-16(14-8-13(18)6-7-15(14)19)17(22)21-10-12-4-2-11(9-20)3-5-12/h2-8,16H,10H2,1H3,(H,21,22). The second kappa shape index (κ2) is 7.86. The molecule has 23 heavy (non-hydrogen) atoms. The largest absolute Gasteiger partial charge is 0.367 e. The number of hydrogen-bond acceptors (Lipinski definition) is 3. The van der Waals surface area contributed by atoms with Crippen LogP contribution >= 0.6 is 15.9 Å². The Bertz CT molecular complexity index is 741. The van der Waals surface area contributed by atoms with Crippen molar-refractivity contribution >= 4 is 21.8 Å². The Morgan fingerprint density at radius 2 is 2.04 bits per heavy atom. The van der Waals surface area contributed by atoms with Crippen LogP contribution in [0.3, 0.4) is 0 Å². The zero-order chi connectivity index (χ0) is 16.8. The molecule has 0 saturated heterocycles. The van der Waals surface area contributed by atoms with Gasteiger partial charge in [-0.3, -0.25) is 4.79 Å². The number of nitriles is 1. The Hall–Kier alpha value is -2.23. The fourth-order valence-corrected chi connectivity index (χ4v) is 2.45. The maximum atomic E-state index is 13.9. The van der Waals surface area contributed by atoms with Gasteiger partial charge in [0.15, 0.2) is 6.10 Å². The van der Waals surface area contributed by atoms with Crippen LogP contribution in [0.5, 0.6) is 0 Å². The highest BCUT2D eigenvalue weighted by Crippen LogP contribution is 2.24. The van der Waals surface area contributed by atoms with Crippen LogP contribution in [0.4, 0.5) is 4.39 Å². The zero-order valence-corrected chi connectivity index (χ0v) is 13.9. The third-order valence-corrected chi connectivity index (χ3v) is 3.76. The number of rotatable bonds is 5. The lowest BCUT2D eigenvalue weighted by atomic mass is 10.1. The van der Waals surface area contributed by atoms with Crippen molar-refractivity contribution in [2.24, 2.45) is 0 Å². The van der Waals surface area contributed by atoms with Crippen LogP contribution < -0.4 is 5.32 Å². The van der Waals surface area contributed by atoms with Crippen molar-refractivity contribution in [3.05, 3.63) is 69.4 Å². The van der Waals surface area contributed by atoms with Gasteiger partial charge in [-0.15, -0.1) is 0 Å². The first-order chi connectivity index (χ1) is 11.0. The number of amides is 1. The summed E-state index contributed by atoms with van der Waals surface area (Å²) in [6, 6.07) is 13.2. The van der Waals surface area contributed by atoms with Crippen LogP contribution in [0.15, 0.2) is 46.9 Å². The summed E-state index contributed by atoms with van der Waals surface area (Å²) in [6.45, 7) is 0.264.